The molecular formula is C12H11ClF4N2O. The van der Waals surface area contributed by atoms with Crippen LogP contribution in [0.2, 0.25) is 5.15 Å². The van der Waals surface area contributed by atoms with E-state index >= 15 is 0 Å². The minimum absolute atomic E-state index is 0.000505. The van der Waals surface area contributed by atoms with Crippen LogP contribution in [0.15, 0.2) is 12.3 Å². The molecule has 2 rings (SSSR count). The van der Waals surface area contributed by atoms with Crippen molar-refractivity contribution in [1.82, 2.24) is 9.88 Å². The highest BCUT2D eigenvalue weighted by molar-refractivity contribution is 6.29. The van der Waals surface area contributed by atoms with Crippen LogP contribution in [0.4, 0.5) is 17.6 Å². The number of piperidine rings is 1. The Labute approximate surface area is 117 Å². The summed E-state index contributed by atoms with van der Waals surface area (Å²) in [6.07, 6.45) is -3.01. The Morgan fingerprint density at radius 3 is 2.75 bits per heavy atom. The molecule has 1 saturated heterocycles. The maximum absolute atomic E-state index is 13.2. The van der Waals surface area contributed by atoms with Crippen molar-refractivity contribution in [1.29, 1.82) is 0 Å². The van der Waals surface area contributed by atoms with Crippen LogP contribution in [0, 0.1) is 11.7 Å². The third-order valence-corrected chi connectivity index (χ3v) is 3.49. The molecule has 2 heterocycles. The second-order valence-electron chi connectivity index (χ2n) is 4.63. The summed E-state index contributed by atoms with van der Waals surface area (Å²) < 4.78 is 51.2. The molecule has 0 radical (unpaired) electrons. The molecular weight excluding hydrogens is 300 g/mol. The van der Waals surface area contributed by atoms with Crippen LogP contribution in [0.25, 0.3) is 0 Å². The largest absolute Gasteiger partial charge is 0.393 e. The van der Waals surface area contributed by atoms with Crippen LogP contribution >= 0.6 is 11.6 Å². The minimum atomic E-state index is -4.33. The molecule has 0 N–H and O–H groups in total. The number of pyridine rings is 1. The van der Waals surface area contributed by atoms with Gasteiger partial charge in [-0.05, 0) is 18.9 Å². The number of alkyl halides is 3. The van der Waals surface area contributed by atoms with Crippen LogP contribution in [-0.2, 0) is 0 Å². The number of halogens is 5. The minimum Gasteiger partial charge on any atom is -0.338 e. The van der Waals surface area contributed by atoms with Gasteiger partial charge in [-0.15, -0.1) is 0 Å². The average Bonchev–Trinajstić information content (AvgIpc) is 2.40. The normalized spacial score (nSPS) is 20.1. The van der Waals surface area contributed by atoms with Gasteiger partial charge in [0, 0.05) is 19.3 Å². The summed E-state index contributed by atoms with van der Waals surface area (Å²) in [4.78, 5) is 16.6. The fourth-order valence-corrected chi connectivity index (χ4v) is 2.25. The molecule has 1 aromatic rings. The lowest BCUT2D eigenvalue weighted by atomic mass is 9.97. The number of amides is 1. The molecule has 1 aromatic heterocycles. The number of likely N-dealkylation sites (tertiary alicyclic amines) is 1. The average molecular weight is 311 g/mol. The first-order chi connectivity index (χ1) is 9.29. The lowest BCUT2D eigenvalue weighted by Crippen LogP contribution is -2.44. The van der Waals surface area contributed by atoms with Gasteiger partial charge >= 0.3 is 6.18 Å². The Morgan fingerprint density at radius 2 is 2.15 bits per heavy atom. The summed E-state index contributed by atoms with van der Waals surface area (Å²) >= 11 is 5.39. The Hall–Kier alpha value is -1.37. The zero-order chi connectivity index (χ0) is 14.9. The molecule has 1 unspecified atom stereocenters. The SMILES string of the molecule is O=C(c1cnc(Cl)c(F)c1)N1CCCC(C(F)(F)F)C1. The van der Waals surface area contributed by atoms with Crippen LogP contribution in [-0.4, -0.2) is 35.1 Å². The third-order valence-electron chi connectivity index (χ3n) is 3.21. The smallest absolute Gasteiger partial charge is 0.338 e. The van der Waals surface area contributed by atoms with Crippen molar-refractivity contribution in [3.8, 4) is 0 Å². The maximum Gasteiger partial charge on any atom is 0.393 e. The van der Waals surface area contributed by atoms with E-state index in [1.807, 2.05) is 0 Å². The molecule has 0 spiro atoms. The number of nitrogens with zero attached hydrogens (tertiary/aromatic N) is 2. The van der Waals surface area contributed by atoms with Crippen molar-refractivity contribution >= 4 is 17.5 Å². The Balaban J connectivity index is 2.14. The highest BCUT2D eigenvalue weighted by atomic mass is 35.5. The van der Waals surface area contributed by atoms with E-state index in [0.29, 0.717) is 0 Å². The standard InChI is InChI=1S/C12H11ClF4N2O/c13-10-9(14)4-7(5-18-10)11(20)19-3-1-2-8(6-19)12(15,16)17/h4-5,8H,1-3,6H2. The topological polar surface area (TPSA) is 33.2 Å². The molecule has 110 valence electrons. The number of rotatable bonds is 1. The van der Waals surface area contributed by atoms with Gasteiger partial charge in [0.25, 0.3) is 5.91 Å². The highest BCUT2D eigenvalue weighted by Gasteiger charge is 2.42. The van der Waals surface area contributed by atoms with Gasteiger partial charge in [-0.3, -0.25) is 4.79 Å². The summed E-state index contributed by atoms with van der Waals surface area (Å²) in [6, 6.07) is 0.884. The van der Waals surface area contributed by atoms with Gasteiger partial charge in [-0.1, -0.05) is 11.6 Å². The fraction of sp³-hybridized carbons (Fsp3) is 0.500. The van der Waals surface area contributed by atoms with Crippen molar-refractivity contribution in [2.24, 2.45) is 5.92 Å². The van der Waals surface area contributed by atoms with E-state index in [0.717, 1.165) is 17.2 Å². The second-order valence-corrected chi connectivity index (χ2v) is 4.99. The molecule has 0 bridgehead atoms. The number of carbonyl (C=O) groups excluding carboxylic acids is 1. The molecule has 1 amide bonds. The van der Waals surface area contributed by atoms with Gasteiger partial charge in [-0.25, -0.2) is 9.37 Å². The summed E-state index contributed by atoms with van der Waals surface area (Å²) in [7, 11) is 0. The lowest BCUT2D eigenvalue weighted by molar-refractivity contribution is -0.184. The van der Waals surface area contributed by atoms with Crippen molar-refractivity contribution in [2.45, 2.75) is 19.0 Å². The molecule has 1 aliphatic heterocycles. The van der Waals surface area contributed by atoms with Crippen molar-refractivity contribution < 1.29 is 22.4 Å². The van der Waals surface area contributed by atoms with Crippen LogP contribution in [0.3, 0.4) is 0 Å². The van der Waals surface area contributed by atoms with Crippen LogP contribution in [0.5, 0.6) is 0 Å². The number of hydrogen-bond acceptors (Lipinski definition) is 2. The van der Waals surface area contributed by atoms with Crippen molar-refractivity contribution in [2.75, 3.05) is 13.1 Å². The Kier molecular flexibility index (Phi) is 4.17. The maximum atomic E-state index is 13.2. The molecule has 20 heavy (non-hydrogen) atoms. The van der Waals surface area contributed by atoms with Crippen LogP contribution < -0.4 is 0 Å². The van der Waals surface area contributed by atoms with Gasteiger partial charge in [-0.2, -0.15) is 13.2 Å². The number of hydrogen-bond donors (Lipinski definition) is 0. The van der Waals surface area contributed by atoms with Gasteiger partial charge in [0.15, 0.2) is 11.0 Å². The quantitative estimate of drug-likeness (QED) is 0.589. The summed E-state index contributed by atoms with van der Waals surface area (Å²) in [6.45, 7) is -0.192. The predicted molar refractivity (Wildman–Crippen MR) is 63.9 cm³/mol. The first kappa shape index (κ1) is 15.0. The number of aromatic nitrogens is 1. The lowest BCUT2D eigenvalue weighted by Gasteiger charge is -2.33. The molecule has 8 heteroatoms. The number of carbonyl (C=O) groups is 1. The van der Waals surface area contributed by atoms with Crippen molar-refractivity contribution in [3.63, 3.8) is 0 Å². The first-order valence-electron chi connectivity index (χ1n) is 5.96. The summed E-state index contributed by atoms with van der Waals surface area (Å²) in [5.74, 6) is -3.07. The fourth-order valence-electron chi connectivity index (χ4n) is 2.15. The first-order valence-corrected chi connectivity index (χ1v) is 6.34. The van der Waals surface area contributed by atoms with Gasteiger partial charge in [0.1, 0.15) is 0 Å². The zero-order valence-corrected chi connectivity index (χ0v) is 11.0. The van der Waals surface area contributed by atoms with E-state index < -0.39 is 30.4 Å². The Bertz CT molecular complexity index is 521. The summed E-state index contributed by atoms with van der Waals surface area (Å²) in [5.41, 5.74) is -0.102. The third kappa shape index (κ3) is 3.20. The Morgan fingerprint density at radius 1 is 1.45 bits per heavy atom. The summed E-state index contributed by atoms with van der Waals surface area (Å²) in [5, 5.41) is -0.381. The van der Waals surface area contributed by atoms with Crippen LogP contribution in [0.1, 0.15) is 23.2 Å². The molecule has 1 aliphatic rings. The van der Waals surface area contributed by atoms with E-state index in [2.05, 4.69) is 4.98 Å². The van der Waals surface area contributed by atoms with Gasteiger partial charge < -0.3 is 4.90 Å². The van der Waals surface area contributed by atoms with E-state index in [1.165, 1.54) is 0 Å². The molecule has 1 fully saturated rings. The molecule has 0 aliphatic carbocycles. The molecule has 0 saturated carbocycles. The van der Waals surface area contributed by atoms with E-state index in [1.54, 1.807) is 0 Å². The predicted octanol–water partition coefficient (Wildman–Crippen LogP) is 3.29. The monoisotopic (exact) mass is 310 g/mol. The highest BCUT2D eigenvalue weighted by Crippen LogP contribution is 2.33. The molecule has 3 nitrogen and oxygen atoms in total. The van der Waals surface area contributed by atoms with Gasteiger partial charge in [0.05, 0.1) is 11.5 Å². The van der Waals surface area contributed by atoms with E-state index in [9.17, 15) is 22.4 Å². The second kappa shape index (κ2) is 5.55. The van der Waals surface area contributed by atoms with E-state index in [4.69, 9.17) is 11.6 Å². The van der Waals surface area contributed by atoms with E-state index in [-0.39, 0.29) is 30.1 Å². The van der Waals surface area contributed by atoms with Gasteiger partial charge in [0.2, 0.25) is 0 Å². The zero-order valence-electron chi connectivity index (χ0n) is 10.3. The molecule has 1 atom stereocenters. The van der Waals surface area contributed by atoms with Crippen molar-refractivity contribution in [3.05, 3.63) is 28.8 Å². The molecule has 0 aromatic carbocycles.